The molecule has 0 aliphatic carbocycles. The zero-order valence-electron chi connectivity index (χ0n) is 15.3. The van der Waals surface area contributed by atoms with Crippen LogP contribution in [0.2, 0.25) is 5.02 Å². The Balaban J connectivity index is 1.65. The zero-order valence-corrected chi connectivity index (χ0v) is 16.1. The van der Waals surface area contributed by atoms with Crippen molar-refractivity contribution in [2.24, 2.45) is 0 Å². The lowest BCUT2D eigenvalue weighted by atomic mass is 10.1. The van der Waals surface area contributed by atoms with E-state index in [2.05, 4.69) is 21.7 Å². The Bertz CT molecular complexity index is 1050. The fourth-order valence-electron chi connectivity index (χ4n) is 2.73. The monoisotopic (exact) mass is 394 g/mol. The molecule has 3 aromatic rings. The summed E-state index contributed by atoms with van der Waals surface area (Å²) in [6.07, 6.45) is 0. The van der Waals surface area contributed by atoms with E-state index in [0.29, 0.717) is 41.7 Å². The molecule has 0 fully saturated rings. The molecule has 6 nitrogen and oxygen atoms in total. The summed E-state index contributed by atoms with van der Waals surface area (Å²) >= 11 is 6.02. The topological polar surface area (TPSA) is 87.0 Å². The van der Waals surface area contributed by atoms with E-state index in [-0.39, 0.29) is 5.91 Å². The van der Waals surface area contributed by atoms with Crippen molar-refractivity contribution in [1.82, 2.24) is 10.3 Å². The Hall–Kier alpha value is -3.30. The molecular formula is C21H19ClN4O2. The molecule has 0 radical (unpaired) electrons. The van der Waals surface area contributed by atoms with Crippen molar-refractivity contribution < 1.29 is 9.53 Å². The number of nitrogens with zero attached hydrogens (tertiary/aromatic N) is 2. The molecule has 142 valence electrons. The summed E-state index contributed by atoms with van der Waals surface area (Å²) in [5.41, 5.74) is 1.61. The maximum atomic E-state index is 12.2. The molecule has 0 spiro atoms. The van der Waals surface area contributed by atoms with E-state index in [0.717, 1.165) is 16.7 Å². The van der Waals surface area contributed by atoms with E-state index < -0.39 is 0 Å². The smallest absolute Gasteiger partial charge is 0.252 e. The third-order valence-corrected chi connectivity index (χ3v) is 4.37. The number of hydrogen-bond acceptors (Lipinski definition) is 5. The summed E-state index contributed by atoms with van der Waals surface area (Å²) in [6.45, 7) is 3.27. The summed E-state index contributed by atoms with van der Waals surface area (Å²) in [5.74, 6) is 0.970. The molecular weight excluding hydrogens is 376 g/mol. The second kappa shape index (κ2) is 9.07. The van der Waals surface area contributed by atoms with Gasteiger partial charge in [0.25, 0.3) is 5.91 Å². The molecule has 2 aromatic carbocycles. The van der Waals surface area contributed by atoms with Crippen molar-refractivity contribution in [2.45, 2.75) is 6.92 Å². The van der Waals surface area contributed by atoms with Crippen LogP contribution in [0.5, 0.6) is 5.75 Å². The van der Waals surface area contributed by atoms with Crippen LogP contribution in [0.15, 0.2) is 48.5 Å². The highest BCUT2D eigenvalue weighted by molar-refractivity contribution is 6.33. The Morgan fingerprint density at radius 1 is 1.21 bits per heavy atom. The molecule has 0 saturated heterocycles. The molecule has 1 amide bonds. The van der Waals surface area contributed by atoms with E-state index >= 15 is 0 Å². The quantitative estimate of drug-likeness (QED) is 0.591. The zero-order chi connectivity index (χ0) is 19.9. The third-order valence-electron chi connectivity index (χ3n) is 4.04. The number of fused-ring (bicyclic) bond motifs is 1. The van der Waals surface area contributed by atoms with Gasteiger partial charge in [0.05, 0.1) is 28.3 Å². The number of pyridine rings is 1. The van der Waals surface area contributed by atoms with Crippen LogP contribution in [-0.2, 0) is 0 Å². The minimum Gasteiger partial charge on any atom is -0.494 e. The van der Waals surface area contributed by atoms with Crippen molar-refractivity contribution in [3.05, 3.63) is 64.7 Å². The molecule has 0 atom stereocenters. The van der Waals surface area contributed by atoms with Gasteiger partial charge in [-0.15, -0.1) is 0 Å². The molecule has 0 bridgehead atoms. The molecule has 0 aliphatic rings. The largest absolute Gasteiger partial charge is 0.494 e. The van der Waals surface area contributed by atoms with E-state index in [1.165, 1.54) is 0 Å². The molecule has 1 heterocycles. The summed E-state index contributed by atoms with van der Waals surface area (Å²) in [4.78, 5) is 16.7. The van der Waals surface area contributed by atoms with Crippen molar-refractivity contribution in [3.63, 3.8) is 0 Å². The van der Waals surface area contributed by atoms with Crippen LogP contribution < -0.4 is 15.4 Å². The number of hydrogen-bond donors (Lipinski definition) is 2. The van der Waals surface area contributed by atoms with Gasteiger partial charge in [0.1, 0.15) is 17.6 Å². The van der Waals surface area contributed by atoms with Gasteiger partial charge >= 0.3 is 0 Å². The first-order valence-electron chi connectivity index (χ1n) is 8.86. The number of halogens is 1. The van der Waals surface area contributed by atoms with Crippen molar-refractivity contribution in [1.29, 1.82) is 5.26 Å². The van der Waals surface area contributed by atoms with Crippen LogP contribution in [0.3, 0.4) is 0 Å². The van der Waals surface area contributed by atoms with Gasteiger partial charge in [-0.25, -0.2) is 4.98 Å². The molecule has 3 rings (SSSR count). The van der Waals surface area contributed by atoms with Crippen LogP contribution in [0.4, 0.5) is 5.82 Å². The van der Waals surface area contributed by atoms with Crippen molar-refractivity contribution in [2.75, 3.05) is 25.0 Å². The van der Waals surface area contributed by atoms with Crippen LogP contribution in [0.25, 0.3) is 10.9 Å². The van der Waals surface area contributed by atoms with Gasteiger partial charge in [0.2, 0.25) is 0 Å². The maximum absolute atomic E-state index is 12.2. The van der Waals surface area contributed by atoms with E-state index in [9.17, 15) is 10.1 Å². The van der Waals surface area contributed by atoms with Gasteiger partial charge in [0.15, 0.2) is 0 Å². The number of ether oxygens (including phenoxy) is 1. The van der Waals surface area contributed by atoms with Gasteiger partial charge in [0, 0.05) is 18.5 Å². The van der Waals surface area contributed by atoms with E-state index in [4.69, 9.17) is 16.3 Å². The Morgan fingerprint density at radius 3 is 2.79 bits per heavy atom. The minimum atomic E-state index is -0.247. The third kappa shape index (κ3) is 4.51. The number of nitrogens with one attached hydrogen (secondary N) is 2. The number of nitriles is 1. The van der Waals surface area contributed by atoms with E-state index in [1.807, 2.05) is 25.1 Å². The predicted molar refractivity (Wildman–Crippen MR) is 110 cm³/mol. The fraction of sp³-hybridized carbons (Fsp3) is 0.190. The number of amides is 1. The van der Waals surface area contributed by atoms with Crippen LogP contribution in [-0.4, -0.2) is 30.6 Å². The number of anilines is 1. The second-order valence-corrected chi connectivity index (χ2v) is 6.35. The number of aromatic nitrogens is 1. The van der Waals surface area contributed by atoms with Gasteiger partial charge < -0.3 is 15.4 Å². The number of rotatable bonds is 7. The summed E-state index contributed by atoms with van der Waals surface area (Å²) in [6, 6.07) is 16.4. The summed E-state index contributed by atoms with van der Waals surface area (Å²) in [5, 5.41) is 16.6. The maximum Gasteiger partial charge on any atom is 0.252 e. The van der Waals surface area contributed by atoms with Gasteiger partial charge in [-0.1, -0.05) is 23.7 Å². The van der Waals surface area contributed by atoms with Gasteiger partial charge in [-0.3, -0.25) is 4.79 Å². The Labute approximate surface area is 168 Å². The Morgan fingerprint density at radius 2 is 2.04 bits per heavy atom. The van der Waals surface area contributed by atoms with Gasteiger partial charge in [-0.05, 0) is 43.3 Å². The Kier molecular flexibility index (Phi) is 6.30. The van der Waals surface area contributed by atoms with Crippen molar-refractivity contribution in [3.8, 4) is 11.8 Å². The molecule has 7 heteroatoms. The highest BCUT2D eigenvalue weighted by Crippen LogP contribution is 2.24. The van der Waals surface area contributed by atoms with E-state index in [1.54, 1.807) is 30.3 Å². The lowest BCUT2D eigenvalue weighted by Gasteiger charge is -2.11. The highest BCUT2D eigenvalue weighted by atomic mass is 35.5. The first-order chi connectivity index (χ1) is 13.6. The first-order valence-corrected chi connectivity index (χ1v) is 9.24. The minimum absolute atomic E-state index is 0.247. The lowest BCUT2D eigenvalue weighted by Crippen LogP contribution is -2.29. The van der Waals surface area contributed by atoms with Crippen molar-refractivity contribution >= 4 is 34.2 Å². The highest BCUT2D eigenvalue weighted by Gasteiger charge is 2.10. The average Bonchev–Trinajstić information content (AvgIpc) is 2.71. The lowest BCUT2D eigenvalue weighted by molar-refractivity contribution is 0.0955. The SMILES string of the molecule is CCOc1ccc2nc(NCCNC(=O)c3ccccc3Cl)c(C#N)cc2c1. The fourth-order valence-corrected chi connectivity index (χ4v) is 2.95. The predicted octanol–water partition coefficient (Wildman–Crippen LogP) is 4.00. The molecule has 28 heavy (non-hydrogen) atoms. The summed E-state index contributed by atoms with van der Waals surface area (Å²) < 4.78 is 5.49. The van der Waals surface area contributed by atoms with Crippen LogP contribution in [0.1, 0.15) is 22.8 Å². The molecule has 0 unspecified atom stereocenters. The second-order valence-electron chi connectivity index (χ2n) is 5.95. The summed E-state index contributed by atoms with van der Waals surface area (Å²) in [7, 11) is 0. The molecule has 2 N–H and O–H groups in total. The molecule has 0 aliphatic heterocycles. The number of benzene rings is 2. The van der Waals surface area contributed by atoms with Crippen LogP contribution >= 0.6 is 11.6 Å². The molecule has 0 saturated carbocycles. The first kappa shape index (κ1) is 19.5. The molecule has 1 aromatic heterocycles. The van der Waals surface area contributed by atoms with Crippen LogP contribution in [0, 0.1) is 11.3 Å². The number of carbonyl (C=O) groups is 1. The average molecular weight is 395 g/mol. The standard InChI is InChI=1S/C21H19ClN4O2/c1-2-28-16-7-8-19-14(12-16)11-15(13-23)20(26-19)24-9-10-25-21(27)17-5-3-4-6-18(17)22/h3-8,11-12H,2,9-10H2,1H3,(H,24,26)(H,25,27). The normalized spacial score (nSPS) is 10.3. The number of carbonyl (C=O) groups excluding carboxylic acids is 1. The van der Waals surface area contributed by atoms with Gasteiger partial charge in [-0.2, -0.15) is 5.26 Å².